The fraction of sp³-hybridized carbons (Fsp3) is 0.600. The van der Waals surface area contributed by atoms with Crippen molar-refractivity contribution in [3.8, 4) is 0 Å². The maximum Gasteiger partial charge on any atom is 0.00795 e. The number of nitrogens with one attached hydrogen (secondary N) is 1. The first kappa shape index (κ1) is 11.5. The maximum atomic E-state index is 3.72. The van der Waals surface area contributed by atoms with Crippen molar-refractivity contribution in [1.82, 2.24) is 5.32 Å². The van der Waals surface area contributed by atoms with Gasteiger partial charge in [0.25, 0.3) is 0 Å². The molecule has 2 bridgehead atoms. The largest absolute Gasteiger partial charge is 0.314 e. The zero-order valence-electron chi connectivity index (χ0n) is 10.4. The summed E-state index contributed by atoms with van der Waals surface area (Å²) in [7, 11) is 0. The summed E-state index contributed by atoms with van der Waals surface area (Å²) in [6.07, 6.45) is 8.88. The van der Waals surface area contributed by atoms with Crippen LogP contribution in [0, 0.1) is 17.8 Å². The Hall–Kier alpha value is -0.600. The highest BCUT2D eigenvalue weighted by Crippen LogP contribution is 2.42. The van der Waals surface area contributed by atoms with E-state index < -0.39 is 0 Å². The molecule has 0 amide bonds. The summed E-state index contributed by atoms with van der Waals surface area (Å²) in [5, 5.41) is 8.15. The molecule has 4 unspecified atom stereocenters. The summed E-state index contributed by atoms with van der Waals surface area (Å²) in [6.45, 7) is 3.51. The average molecular weight is 247 g/mol. The Kier molecular flexibility index (Phi) is 3.34. The van der Waals surface area contributed by atoms with Crippen molar-refractivity contribution in [3.63, 3.8) is 0 Å². The lowest BCUT2D eigenvalue weighted by Crippen LogP contribution is -2.33. The molecule has 2 heteroatoms. The van der Waals surface area contributed by atoms with Crippen molar-refractivity contribution in [2.75, 3.05) is 6.54 Å². The molecule has 2 aliphatic carbocycles. The third-order valence-electron chi connectivity index (χ3n) is 4.27. The Morgan fingerprint density at radius 1 is 1.41 bits per heavy atom. The van der Waals surface area contributed by atoms with E-state index in [9.17, 15) is 0 Å². The zero-order valence-corrected chi connectivity index (χ0v) is 11.2. The van der Waals surface area contributed by atoms with Gasteiger partial charge in [-0.25, -0.2) is 0 Å². The lowest BCUT2D eigenvalue weighted by molar-refractivity contribution is 0.389. The molecule has 1 nitrogen and oxygen atoms in total. The summed E-state index contributed by atoms with van der Waals surface area (Å²) < 4.78 is 0. The first-order valence-corrected chi connectivity index (χ1v) is 7.68. The van der Waals surface area contributed by atoms with Gasteiger partial charge in [-0.3, -0.25) is 0 Å². The third-order valence-corrected chi connectivity index (χ3v) is 5.00. The average Bonchev–Trinajstić information content (AvgIpc) is 3.02. The topological polar surface area (TPSA) is 12.0 Å². The van der Waals surface area contributed by atoms with E-state index in [4.69, 9.17) is 0 Å². The number of rotatable bonds is 5. The molecule has 0 spiro atoms. The Morgan fingerprint density at radius 2 is 2.35 bits per heavy atom. The zero-order chi connectivity index (χ0) is 11.7. The SMILES string of the molecule is CC(Cc1ccsc1)NCC1CC2C=CC1C2. The summed E-state index contributed by atoms with van der Waals surface area (Å²) in [5.74, 6) is 2.68. The molecule has 1 saturated carbocycles. The van der Waals surface area contributed by atoms with Crippen molar-refractivity contribution in [3.05, 3.63) is 34.5 Å². The first-order chi connectivity index (χ1) is 8.31. The molecule has 1 aromatic rings. The second-order valence-electron chi connectivity index (χ2n) is 5.69. The van der Waals surface area contributed by atoms with Crippen LogP contribution < -0.4 is 5.32 Å². The predicted molar refractivity (Wildman–Crippen MR) is 74.3 cm³/mol. The number of thiophene rings is 1. The second kappa shape index (κ2) is 4.95. The van der Waals surface area contributed by atoms with Crippen LogP contribution in [-0.2, 0) is 6.42 Å². The fourth-order valence-electron chi connectivity index (χ4n) is 3.32. The van der Waals surface area contributed by atoms with Crippen LogP contribution in [0.3, 0.4) is 0 Å². The molecule has 92 valence electrons. The summed E-state index contributed by atoms with van der Waals surface area (Å²) in [6, 6.07) is 2.84. The normalized spacial score (nSPS) is 32.2. The van der Waals surface area contributed by atoms with Gasteiger partial charge >= 0.3 is 0 Å². The van der Waals surface area contributed by atoms with E-state index in [2.05, 4.69) is 41.2 Å². The molecule has 1 N–H and O–H groups in total. The third kappa shape index (κ3) is 2.63. The van der Waals surface area contributed by atoms with Gasteiger partial charge in [0.2, 0.25) is 0 Å². The highest BCUT2D eigenvalue weighted by Gasteiger charge is 2.35. The molecule has 1 heterocycles. The van der Waals surface area contributed by atoms with Gasteiger partial charge in [-0.05, 0) is 72.9 Å². The summed E-state index contributed by atoms with van der Waals surface area (Å²) in [4.78, 5) is 0. The number of fused-ring (bicyclic) bond motifs is 2. The van der Waals surface area contributed by atoms with Crippen LogP contribution in [0.1, 0.15) is 25.3 Å². The number of hydrogen-bond donors (Lipinski definition) is 1. The first-order valence-electron chi connectivity index (χ1n) is 6.74. The van der Waals surface area contributed by atoms with E-state index in [1.54, 1.807) is 11.3 Å². The van der Waals surface area contributed by atoms with Gasteiger partial charge in [-0.15, -0.1) is 0 Å². The monoisotopic (exact) mass is 247 g/mol. The van der Waals surface area contributed by atoms with E-state index in [0.717, 1.165) is 17.8 Å². The minimum Gasteiger partial charge on any atom is -0.314 e. The Morgan fingerprint density at radius 3 is 3.00 bits per heavy atom. The number of hydrogen-bond acceptors (Lipinski definition) is 2. The lowest BCUT2D eigenvalue weighted by Gasteiger charge is -2.21. The van der Waals surface area contributed by atoms with Crippen molar-refractivity contribution < 1.29 is 0 Å². The number of allylic oxidation sites excluding steroid dienone is 2. The quantitative estimate of drug-likeness (QED) is 0.786. The van der Waals surface area contributed by atoms with Crippen molar-refractivity contribution in [1.29, 1.82) is 0 Å². The summed E-state index contributed by atoms with van der Waals surface area (Å²) >= 11 is 1.80. The molecule has 1 aromatic heterocycles. The van der Waals surface area contributed by atoms with Crippen molar-refractivity contribution >= 4 is 11.3 Å². The van der Waals surface area contributed by atoms with E-state index in [1.165, 1.54) is 31.4 Å². The van der Waals surface area contributed by atoms with E-state index in [1.807, 2.05) is 0 Å². The summed E-state index contributed by atoms with van der Waals surface area (Å²) in [5.41, 5.74) is 1.47. The van der Waals surface area contributed by atoms with Gasteiger partial charge in [-0.2, -0.15) is 11.3 Å². The fourth-order valence-corrected chi connectivity index (χ4v) is 4.00. The lowest BCUT2D eigenvalue weighted by atomic mass is 9.93. The molecule has 0 aliphatic heterocycles. The van der Waals surface area contributed by atoms with Gasteiger partial charge in [0.15, 0.2) is 0 Å². The molecule has 2 aliphatic rings. The highest BCUT2D eigenvalue weighted by molar-refractivity contribution is 7.07. The van der Waals surface area contributed by atoms with Gasteiger partial charge in [0, 0.05) is 6.04 Å². The molecule has 0 saturated heterocycles. The molecule has 3 rings (SSSR count). The minimum atomic E-state index is 0.604. The highest BCUT2D eigenvalue weighted by atomic mass is 32.1. The van der Waals surface area contributed by atoms with Gasteiger partial charge < -0.3 is 5.32 Å². The van der Waals surface area contributed by atoms with Crippen LogP contribution in [0.15, 0.2) is 29.0 Å². The second-order valence-corrected chi connectivity index (χ2v) is 6.47. The Labute approximate surface area is 108 Å². The van der Waals surface area contributed by atoms with Crippen LogP contribution in [0.4, 0.5) is 0 Å². The maximum absolute atomic E-state index is 3.72. The molecule has 17 heavy (non-hydrogen) atoms. The minimum absolute atomic E-state index is 0.604. The molecule has 1 fully saturated rings. The van der Waals surface area contributed by atoms with Crippen molar-refractivity contribution in [2.24, 2.45) is 17.8 Å². The van der Waals surface area contributed by atoms with Crippen LogP contribution in [0.2, 0.25) is 0 Å². The molecule has 0 aromatic carbocycles. The van der Waals surface area contributed by atoms with Gasteiger partial charge in [-0.1, -0.05) is 12.2 Å². The van der Waals surface area contributed by atoms with E-state index in [-0.39, 0.29) is 0 Å². The molecule has 0 radical (unpaired) electrons. The van der Waals surface area contributed by atoms with Crippen LogP contribution in [0.5, 0.6) is 0 Å². The van der Waals surface area contributed by atoms with Crippen LogP contribution in [0.25, 0.3) is 0 Å². The predicted octanol–water partition coefficient (Wildman–Crippen LogP) is 3.48. The van der Waals surface area contributed by atoms with Crippen molar-refractivity contribution in [2.45, 2.75) is 32.2 Å². The van der Waals surface area contributed by atoms with E-state index >= 15 is 0 Å². The van der Waals surface area contributed by atoms with Crippen LogP contribution >= 0.6 is 11.3 Å². The molecular formula is C15H21NS. The Bertz CT molecular complexity index is 382. The Balaban J connectivity index is 1.44. The van der Waals surface area contributed by atoms with Crippen LogP contribution in [-0.4, -0.2) is 12.6 Å². The van der Waals surface area contributed by atoms with Gasteiger partial charge in [0.05, 0.1) is 0 Å². The molecule has 4 atom stereocenters. The van der Waals surface area contributed by atoms with Gasteiger partial charge in [0.1, 0.15) is 0 Å². The standard InChI is InChI=1S/C15H21NS/c1-11(6-13-4-5-17-10-13)16-9-15-8-12-2-3-14(15)7-12/h2-5,10-12,14-16H,6-9H2,1H3. The van der Waals surface area contributed by atoms with E-state index in [0.29, 0.717) is 6.04 Å². The smallest absolute Gasteiger partial charge is 0.00795 e. The molecular weight excluding hydrogens is 226 g/mol.